The van der Waals surface area contributed by atoms with Crippen molar-refractivity contribution in [1.29, 1.82) is 0 Å². The molecule has 7 heteroatoms. The summed E-state index contributed by atoms with van der Waals surface area (Å²) < 4.78 is 10.6. The zero-order valence-corrected chi connectivity index (χ0v) is 16.9. The number of nitrogens with zero attached hydrogens (tertiary/aromatic N) is 2. The van der Waals surface area contributed by atoms with E-state index in [-0.39, 0.29) is 24.0 Å². The summed E-state index contributed by atoms with van der Waals surface area (Å²) >= 11 is 0. The Morgan fingerprint density at radius 1 is 1.26 bits per heavy atom. The van der Waals surface area contributed by atoms with Crippen LogP contribution in [0.3, 0.4) is 0 Å². The van der Waals surface area contributed by atoms with Gasteiger partial charge in [0, 0.05) is 53.5 Å². The highest BCUT2D eigenvalue weighted by Crippen LogP contribution is 2.43. The molecule has 6 nitrogen and oxygen atoms in total. The van der Waals surface area contributed by atoms with Gasteiger partial charge in [0.1, 0.15) is 0 Å². The van der Waals surface area contributed by atoms with Crippen LogP contribution < -0.4 is 10.6 Å². The third-order valence-corrected chi connectivity index (χ3v) is 4.93. The van der Waals surface area contributed by atoms with Gasteiger partial charge in [0.15, 0.2) is 5.96 Å². The summed E-state index contributed by atoms with van der Waals surface area (Å²) in [5.41, 5.74) is 0.415. The monoisotopic (exact) mass is 440 g/mol. The first-order valence-electron chi connectivity index (χ1n) is 8.52. The number of nitrogens with one attached hydrogen (secondary N) is 2. The summed E-state index contributed by atoms with van der Waals surface area (Å²) in [4.78, 5) is 6.76. The molecular formula is C16H33IN4O2. The van der Waals surface area contributed by atoms with Gasteiger partial charge in [-0.25, -0.2) is 0 Å². The molecule has 136 valence electrons. The minimum Gasteiger partial charge on any atom is -0.385 e. The Morgan fingerprint density at radius 3 is 2.57 bits per heavy atom. The predicted octanol–water partition coefficient (Wildman–Crippen LogP) is 1.31. The van der Waals surface area contributed by atoms with E-state index < -0.39 is 0 Å². The van der Waals surface area contributed by atoms with E-state index in [4.69, 9.17) is 9.47 Å². The van der Waals surface area contributed by atoms with Crippen LogP contribution in [0.25, 0.3) is 0 Å². The van der Waals surface area contributed by atoms with Gasteiger partial charge in [-0.15, -0.1) is 24.0 Å². The maximum absolute atomic E-state index is 5.37. The average molecular weight is 440 g/mol. The van der Waals surface area contributed by atoms with Crippen molar-refractivity contribution in [1.82, 2.24) is 15.5 Å². The molecule has 0 atom stereocenters. The van der Waals surface area contributed by atoms with Crippen LogP contribution in [0.2, 0.25) is 0 Å². The smallest absolute Gasteiger partial charge is 0.191 e. The van der Waals surface area contributed by atoms with E-state index in [9.17, 15) is 0 Å². The van der Waals surface area contributed by atoms with Crippen molar-refractivity contribution in [2.45, 2.75) is 25.7 Å². The molecule has 2 fully saturated rings. The predicted molar refractivity (Wildman–Crippen MR) is 105 cm³/mol. The molecule has 0 amide bonds. The summed E-state index contributed by atoms with van der Waals surface area (Å²) in [7, 11) is 3.62. The first-order valence-corrected chi connectivity index (χ1v) is 8.52. The highest BCUT2D eigenvalue weighted by atomic mass is 127. The van der Waals surface area contributed by atoms with Crippen LogP contribution in [-0.4, -0.2) is 77.6 Å². The molecule has 0 aromatic carbocycles. The molecule has 0 radical (unpaired) electrons. The van der Waals surface area contributed by atoms with Crippen molar-refractivity contribution in [3.05, 3.63) is 0 Å². The maximum Gasteiger partial charge on any atom is 0.191 e. The quantitative estimate of drug-likeness (QED) is 0.339. The number of hydrogen-bond acceptors (Lipinski definition) is 4. The Balaban J connectivity index is 0.00000264. The van der Waals surface area contributed by atoms with Gasteiger partial charge in [0.2, 0.25) is 0 Å². The van der Waals surface area contributed by atoms with Crippen molar-refractivity contribution in [2.75, 3.05) is 66.7 Å². The molecule has 0 unspecified atom stereocenters. The van der Waals surface area contributed by atoms with Gasteiger partial charge in [-0.1, -0.05) is 6.42 Å². The van der Waals surface area contributed by atoms with Crippen molar-refractivity contribution >= 4 is 29.9 Å². The largest absolute Gasteiger partial charge is 0.385 e. The minimum absolute atomic E-state index is 0. The van der Waals surface area contributed by atoms with Gasteiger partial charge in [0.25, 0.3) is 0 Å². The van der Waals surface area contributed by atoms with E-state index in [1.165, 1.54) is 19.3 Å². The van der Waals surface area contributed by atoms with E-state index in [1.54, 1.807) is 7.11 Å². The number of aliphatic imine (C=N–C) groups is 1. The summed E-state index contributed by atoms with van der Waals surface area (Å²) in [6, 6.07) is 0. The molecule has 2 N–H and O–H groups in total. The van der Waals surface area contributed by atoms with E-state index in [0.717, 1.165) is 64.9 Å². The Labute approximate surface area is 157 Å². The summed E-state index contributed by atoms with van der Waals surface area (Å²) in [5.74, 6) is 0.914. The number of hydrogen-bond donors (Lipinski definition) is 2. The second-order valence-corrected chi connectivity index (χ2v) is 6.40. The zero-order chi connectivity index (χ0) is 15.7. The Kier molecular flexibility index (Phi) is 10.4. The maximum atomic E-state index is 5.37. The highest BCUT2D eigenvalue weighted by Gasteiger charge is 2.36. The van der Waals surface area contributed by atoms with E-state index in [0.29, 0.717) is 5.41 Å². The molecule has 0 bridgehead atoms. The Bertz CT molecular complexity index is 345. The summed E-state index contributed by atoms with van der Waals surface area (Å²) in [6.07, 6.45) is 5.08. The van der Waals surface area contributed by atoms with E-state index in [1.807, 2.05) is 7.05 Å². The molecule has 23 heavy (non-hydrogen) atoms. The van der Waals surface area contributed by atoms with E-state index in [2.05, 4.69) is 20.5 Å². The molecule has 1 aliphatic heterocycles. The van der Waals surface area contributed by atoms with Gasteiger partial charge < -0.3 is 20.1 Å². The lowest BCUT2D eigenvalue weighted by molar-refractivity contribution is 0.0389. The molecule has 0 spiro atoms. The van der Waals surface area contributed by atoms with Crippen LogP contribution in [0.4, 0.5) is 0 Å². The van der Waals surface area contributed by atoms with Crippen molar-refractivity contribution < 1.29 is 9.47 Å². The molecular weight excluding hydrogens is 407 g/mol. The molecule has 1 aliphatic carbocycles. The lowest BCUT2D eigenvalue weighted by Gasteiger charge is -2.42. The van der Waals surface area contributed by atoms with Crippen LogP contribution >= 0.6 is 24.0 Å². The highest BCUT2D eigenvalue weighted by molar-refractivity contribution is 14.0. The van der Waals surface area contributed by atoms with Crippen LogP contribution in [0.1, 0.15) is 25.7 Å². The topological polar surface area (TPSA) is 58.1 Å². The number of methoxy groups -OCH3 is 1. The number of ether oxygens (including phenoxy) is 2. The minimum atomic E-state index is 0. The first-order chi connectivity index (χ1) is 10.8. The SMILES string of the molecule is CN=C(NCCN1CCOCC1)NCC1(CCOC)CCC1.I. The zero-order valence-electron chi connectivity index (χ0n) is 14.6. The fraction of sp³-hybridized carbons (Fsp3) is 0.938. The van der Waals surface area contributed by atoms with Crippen LogP contribution in [0, 0.1) is 5.41 Å². The van der Waals surface area contributed by atoms with Crippen molar-refractivity contribution in [3.8, 4) is 0 Å². The molecule has 1 saturated carbocycles. The summed E-state index contributed by atoms with van der Waals surface area (Å²) in [6.45, 7) is 7.59. The van der Waals surface area contributed by atoms with Crippen LogP contribution in [-0.2, 0) is 9.47 Å². The van der Waals surface area contributed by atoms with Crippen LogP contribution in [0.15, 0.2) is 4.99 Å². The number of halogens is 1. The van der Waals surface area contributed by atoms with Crippen molar-refractivity contribution in [2.24, 2.45) is 10.4 Å². The molecule has 2 aliphatic rings. The molecule has 2 rings (SSSR count). The number of rotatable bonds is 8. The molecule has 0 aromatic rings. The van der Waals surface area contributed by atoms with Gasteiger partial charge in [0.05, 0.1) is 13.2 Å². The lowest BCUT2D eigenvalue weighted by Crippen LogP contribution is -2.48. The van der Waals surface area contributed by atoms with Gasteiger partial charge in [-0.05, 0) is 24.7 Å². The standard InChI is InChI=1S/C16H32N4O2.HI/c1-17-15(18-7-8-20-9-12-22-13-10-20)19-14-16(4-3-5-16)6-11-21-2;/h3-14H2,1-2H3,(H2,17,18,19);1H. The van der Waals surface area contributed by atoms with Gasteiger partial charge >= 0.3 is 0 Å². The van der Waals surface area contributed by atoms with Crippen molar-refractivity contribution in [3.63, 3.8) is 0 Å². The van der Waals surface area contributed by atoms with Gasteiger partial charge in [-0.2, -0.15) is 0 Å². The second kappa shape index (κ2) is 11.4. The first kappa shape index (κ1) is 20.9. The molecule has 1 heterocycles. The summed E-state index contributed by atoms with van der Waals surface area (Å²) in [5, 5.41) is 6.92. The Morgan fingerprint density at radius 2 is 2.00 bits per heavy atom. The molecule has 1 saturated heterocycles. The lowest BCUT2D eigenvalue weighted by atomic mass is 9.67. The normalized spacial score (nSPS) is 21.2. The molecule has 0 aromatic heterocycles. The fourth-order valence-electron chi connectivity index (χ4n) is 3.16. The third-order valence-electron chi connectivity index (χ3n) is 4.93. The van der Waals surface area contributed by atoms with Crippen LogP contribution in [0.5, 0.6) is 0 Å². The Hall–Kier alpha value is -0.120. The fourth-order valence-corrected chi connectivity index (χ4v) is 3.16. The van der Waals surface area contributed by atoms with Gasteiger partial charge in [-0.3, -0.25) is 9.89 Å². The third kappa shape index (κ3) is 7.11. The number of morpholine rings is 1. The number of guanidine groups is 1. The van der Waals surface area contributed by atoms with E-state index >= 15 is 0 Å². The average Bonchev–Trinajstić information content (AvgIpc) is 2.52. The second-order valence-electron chi connectivity index (χ2n) is 6.40.